The maximum atomic E-state index is 14.2. The van der Waals surface area contributed by atoms with Crippen LogP contribution in [0.25, 0.3) is 5.70 Å². The molecule has 2 N–H and O–H groups in total. The van der Waals surface area contributed by atoms with Crippen LogP contribution >= 0.6 is 23.2 Å². The van der Waals surface area contributed by atoms with Gasteiger partial charge in [-0.2, -0.15) is 13.2 Å². The van der Waals surface area contributed by atoms with Crippen LogP contribution in [0.1, 0.15) is 30.5 Å². The number of hydrogen-bond acceptors (Lipinski definition) is 4. The number of carbonyl (C=O) groups excluding carboxylic acids is 1. The third kappa shape index (κ3) is 5.31. The first kappa shape index (κ1) is 24.2. The second-order valence-corrected chi connectivity index (χ2v) is 8.73. The van der Waals surface area contributed by atoms with Gasteiger partial charge in [0.1, 0.15) is 0 Å². The van der Waals surface area contributed by atoms with E-state index in [0.29, 0.717) is 16.8 Å². The van der Waals surface area contributed by atoms with Gasteiger partial charge in [0.25, 0.3) is 0 Å². The Morgan fingerprint density at radius 1 is 1.16 bits per heavy atom. The molecule has 10 heteroatoms. The van der Waals surface area contributed by atoms with E-state index in [4.69, 9.17) is 32.8 Å². The average Bonchev–Trinajstić information content (AvgIpc) is 3.12. The number of alkyl halides is 3. The average molecular weight is 489 g/mol. The van der Waals surface area contributed by atoms with E-state index in [-0.39, 0.29) is 33.8 Å². The zero-order valence-electron chi connectivity index (χ0n) is 17.4. The summed E-state index contributed by atoms with van der Waals surface area (Å²) in [5.74, 6) is 0.161. The molecule has 0 aliphatic carbocycles. The molecule has 0 saturated carbocycles. The first-order valence-corrected chi connectivity index (χ1v) is 10.4. The van der Waals surface area contributed by atoms with E-state index in [1.54, 1.807) is 19.1 Å². The first-order valence-electron chi connectivity index (χ1n) is 9.65. The van der Waals surface area contributed by atoms with Gasteiger partial charge in [-0.25, -0.2) is 4.79 Å². The molecular formula is C22H21Cl2F3N2O3. The van der Waals surface area contributed by atoms with Crippen molar-refractivity contribution in [2.45, 2.75) is 32.5 Å². The van der Waals surface area contributed by atoms with Gasteiger partial charge in [-0.1, -0.05) is 37.0 Å². The molecule has 172 valence electrons. The molecule has 3 rings (SSSR count). The van der Waals surface area contributed by atoms with Crippen molar-refractivity contribution >= 4 is 40.7 Å². The zero-order chi connectivity index (χ0) is 23.7. The number of rotatable bonds is 5. The predicted octanol–water partition coefficient (Wildman–Crippen LogP) is 6.84. The van der Waals surface area contributed by atoms with Gasteiger partial charge in [0.15, 0.2) is 0 Å². The van der Waals surface area contributed by atoms with Crippen molar-refractivity contribution in [3.63, 3.8) is 0 Å². The third-order valence-electron chi connectivity index (χ3n) is 4.56. The van der Waals surface area contributed by atoms with Crippen LogP contribution in [0, 0.1) is 12.8 Å². The van der Waals surface area contributed by atoms with Crippen molar-refractivity contribution in [3.8, 4) is 0 Å². The Morgan fingerprint density at radius 2 is 1.81 bits per heavy atom. The summed E-state index contributed by atoms with van der Waals surface area (Å²) < 4.78 is 47.6. The number of aryl methyl sites for hydroxylation is 1. The van der Waals surface area contributed by atoms with Crippen LogP contribution in [0.4, 0.5) is 23.7 Å². The standard InChI is InChI=1S/C22H21Cl2F3N2O3/c1-12(2)11-31-20(30)28-18-5-13(3)4-14(6-18)19-10-21(32-29-19,22(25,26)27)15-7-16(23)9-17(24)8-15/h4-10,12,29H,11H2,1-3H3,(H,28,30). The number of hydrogen-bond donors (Lipinski definition) is 2. The highest BCUT2D eigenvalue weighted by atomic mass is 35.5. The predicted molar refractivity (Wildman–Crippen MR) is 117 cm³/mol. The molecule has 0 fully saturated rings. The number of benzene rings is 2. The van der Waals surface area contributed by atoms with Crippen LogP contribution < -0.4 is 10.8 Å². The molecule has 2 aromatic rings. The zero-order valence-corrected chi connectivity index (χ0v) is 19.0. The normalized spacial score (nSPS) is 18.3. The van der Waals surface area contributed by atoms with Gasteiger partial charge in [-0.3, -0.25) is 15.6 Å². The summed E-state index contributed by atoms with van der Waals surface area (Å²) in [6.07, 6.45) is -4.55. The molecule has 0 aromatic heterocycles. The molecule has 1 atom stereocenters. The highest BCUT2D eigenvalue weighted by molar-refractivity contribution is 6.34. The Kier molecular flexibility index (Phi) is 6.97. The summed E-state index contributed by atoms with van der Waals surface area (Å²) in [7, 11) is 0. The number of nitrogens with one attached hydrogen (secondary N) is 2. The largest absolute Gasteiger partial charge is 0.449 e. The van der Waals surface area contributed by atoms with E-state index in [0.717, 1.165) is 18.2 Å². The van der Waals surface area contributed by atoms with Gasteiger partial charge in [0.05, 0.1) is 12.3 Å². The summed E-state index contributed by atoms with van der Waals surface area (Å²) >= 11 is 11.9. The van der Waals surface area contributed by atoms with Crippen molar-refractivity contribution in [2.24, 2.45) is 5.92 Å². The number of anilines is 1. The second kappa shape index (κ2) is 9.21. The molecule has 1 aliphatic rings. The topological polar surface area (TPSA) is 59.6 Å². The Labute approximate surface area is 193 Å². The van der Waals surface area contributed by atoms with E-state index in [1.807, 2.05) is 13.8 Å². The summed E-state index contributed by atoms with van der Waals surface area (Å²) in [6, 6.07) is 8.48. The van der Waals surface area contributed by atoms with Crippen LogP contribution in [0.15, 0.2) is 42.5 Å². The molecule has 1 unspecified atom stereocenters. The summed E-state index contributed by atoms with van der Waals surface area (Å²) in [5, 5.41) is 2.68. The maximum absolute atomic E-state index is 14.2. The monoisotopic (exact) mass is 488 g/mol. The molecule has 0 radical (unpaired) electrons. The minimum Gasteiger partial charge on any atom is -0.449 e. The Bertz CT molecular complexity index is 1040. The first-order chi connectivity index (χ1) is 14.9. The van der Waals surface area contributed by atoms with Crippen LogP contribution in [-0.4, -0.2) is 18.9 Å². The lowest BCUT2D eigenvalue weighted by atomic mass is 9.91. The number of ether oxygens (including phenoxy) is 1. The van der Waals surface area contributed by atoms with Gasteiger partial charge in [0, 0.05) is 26.9 Å². The Hall–Kier alpha value is -2.42. The SMILES string of the molecule is Cc1cc(NC(=O)OCC(C)C)cc(C2=CC(c3cc(Cl)cc(Cl)c3)(C(F)(F)F)ON2)c1. The lowest BCUT2D eigenvalue weighted by Crippen LogP contribution is -2.42. The molecule has 0 spiro atoms. The number of amides is 1. The van der Waals surface area contributed by atoms with Crippen LogP contribution in [-0.2, 0) is 15.2 Å². The number of hydroxylamine groups is 1. The minimum atomic E-state index is -4.82. The van der Waals surface area contributed by atoms with Crippen LogP contribution in [0.5, 0.6) is 0 Å². The van der Waals surface area contributed by atoms with Crippen molar-refractivity contribution in [1.29, 1.82) is 0 Å². The molecular weight excluding hydrogens is 468 g/mol. The highest BCUT2D eigenvalue weighted by Crippen LogP contribution is 2.48. The molecule has 1 heterocycles. The lowest BCUT2D eigenvalue weighted by Gasteiger charge is -2.28. The Morgan fingerprint density at radius 3 is 2.41 bits per heavy atom. The van der Waals surface area contributed by atoms with E-state index < -0.39 is 17.9 Å². The molecule has 2 aromatic carbocycles. The van der Waals surface area contributed by atoms with Crippen LogP contribution in [0.3, 0.4) is 0 Å². The maximum Gasteiger partial charge on any atom is 0.428 e. The van der Waals surface area contributed by atoms with Crippen molar-refractivity contribution in [2.75, 3.05) is 11.9 Å². The minimum absolute atomic E-state index is 0.0449. The Balaban J connectivity index is 1.97. The highest BCUT2D eigenvalue weighted by Gasteiger charge is 2.59. The van der Waals surface area contributed by atoms with Gasteiger partial charge in [-0.15, -0.1) is 0 Å². The van der Waals surface area contributed by atoms with Gasteiger partial charge in [0.2, 0.25) is 5.60 Å². The third-order valence-corrected chi connectivity index (χ3v) is 5.00. The lowest BCUT2D eigenvalue weighted by molar-refractivity contribution is -0.269. The molecule has 5 nitrogen and oxygen atoms in total. The van der Waals surface area contributed by atoms with Crippen molar-refractivity contribution in [1.82, 2.24) is 5.48 Å². The quantitative estimate of drug-likeness (QED) is 0.483. The van der Waals surface area contributed by atoms with Crippen LogP contribution in [0.2, 0.25) is 10.0 Å². The summed E-state index contributed by atoms with van der Waals surface area (Å²) in [4.78, 5) is 17.1. The smallest absolute Gasteiger partial charge is 0.428 e. The number of halogens is 5. The molecule has 32 heavy (non-hydrogen) atoms. The molecule has 0 saturated heterocycles. The second-order valence-electron chi connectivity index (χ2n) is 7.86. The molecule has 1 aliphatic heterocycles. The van der Waals surface area contributed by atoms with E-state index in [1.165, 1.54) is 12.1 Å². The summed E-state index contributed by atoms with van der Waals surface area (Å²) in [6.45, 7) is 5.78. The van der Waals surface area contributed by atoms with E-state index >= 15 is 0 Å². The summed E-state index contributed by atoms with van der Waals surface area (Å²) in [5.41, 5.74) is 0.819. The fourth-order valence-electron chi connectivity index (χ4n) is 3.16. The van der Waals surface area contributed by atoms with Gasteiger partial charge in [-0.05, 0) is 60.9 Å². The number of carbonyl (C=O) groups is 1. The van der Waals surface area contributed by atoms with Crippen molar-refractivity contribution < 1.29 is 27.5 Å². The van der Waals surface area contributed by atoms with Crippen molar-refractivity contribution in [3.05, 3.63) is 69.2 Å². The molecule has 0 bridgehead atoms. The van der Waals surface area contributed by atoms with E-state index in [9.17, 15) is 18.0 Å². The fourth-order valence-corrected chi connectivity index (χ4v) is 3.69. The van der Waals surface area contributed by atoms with Gasteiger partial charge >= 0.3 is 12.3 Å². The van der Waals surface area contributed by atoms with Gasteiger partial charge < -0.3 is 4.74 Å². The molecule has 1 amide bonds. The fraction of sp³-hybridized carbons (Fsp3) is 0.318. The van der Waals surface area contributed by atoms with E-state index in [2.05, 4.69) is 10.8 Å².